The van der Waals surface area contributed by atoms with Crippen LogP contribution >= 0.6 is 0 Å². The van der Waals surface area contributed by atoms with Gasteiger partial charge >= 0.3 is 5.69 Å². The summed E-state index contributed by atoms with van der Waals surface area (Å²) < 4.78 is 8.73. The van der Waals surface area contributed by atoms with Crippen molar-refractivity contribution < 1.29 is 9.66 Å². The number of fused-ring (bicyclic) bond motifs is 1. The van der Waals surface area contributed by atoms with Crippen LogP contribution in [-0.4, -0.2) is 70.3 Å². The first-order valence-electron chi connectivity index (χ1n) is 11.8. The summed E-state index contributed by atoms with van der Waals surface area (Å²) in [4.78, 5) is 37.3. The molecule has 0 aliphatic heterocycles. The highest BCUT2D eigenvalue weighted by Gasteiger charge is 2.23. The lowest BCUT2D eigenvalue weighted by Crippen LogP contribution is -2.29. The van der Waals surface area contributed by atoms with Crippen molar-refractivity contribution in [3.63, 3.8) is 0 Å². The van der Waals surface area contributed by atoms with Crippen LogP contribution in [0.15, 0.2) is 53.5 Å². The lowest BCUT2D eigenvalue weighted by molar-refractivity contribution is -0.384. The lowest BCUT2D eigenvalue weighted by atomic mass is 10.2. The lowest BCUT2D eigenvalue weighted by Gasteiger charge is -2.22. The summed E-state index contributed by atoms with van der Waals surface area (Å²) in [6, 6.07) is 12.2. The molecule has 4 aromatic rings. The van der Waals surface area contributed by atoms with E-state index in [4.69, 9.17) is 4.74 Å². The van der Waals surface area contributed by atoms with Gasteiger partial charge in [-0.1, -0.05) is 12.1 Å². The van der Waals surface area contributed by atoms with E-state index in [1.165, 1.54) is 23.9 Å². The van der Waals surface area contributed by atoms with E-state index < -0.39 is 4.92 Å². The van der Waals surface area contributed by atoms with Crippen LogP contribution in [0.1, 0.15) is 6.92 Å². The van der Waals surface area contributed by atoms with Crippen molar-refractivity contribution in [1.29, 1.82) is 0 Å². The van der Waals surface area contributed by atoms with Gasteiger partial charge in [0.15, 0.2) is 0 Å². The first-order chi connectivity index (χ1) is 17.7. The maximum atomic E-state index is 13.1. The maximum Gasteiger partial charge on any atom is 0.334 e. The molecule has 0 radical (unpaired) electrons. The average molecular weight is 507 g/mol. The minimum atomic E-state index is -0.428. The Hall–Kier alpha value is -4.45. The van der Waals surface area contributed by atoms with Crippen molar-refractivity contribution in [2.45, 2.75) is 13.5 Å². The van der Waals surface area contributed by atoms with E-state index >= 15 is 0 Å². The van der Waals surface area contributed by atoms with Gasteiger partial charge in [0, 0.05) is 51.1 Å². The van der Waals surface area contributed by atoms with Crippen molar-refractivity contribution in [3.8, 4) is 11.6 Å². The van der Waals surface area contributed by atoms with Crippen molar-refractivity contribution >= 4 is 34.0 Å². The summed E-state index contributed by atoms with van der Waals surface area (Å²) in [5.74, 6) is 0.935. The first kappa shape index (κ1) is 25.6. The molecule has 0 aliphatic rings. The number of likely N-dealkylation sites (N-methyl/N-ethyl adjacent to an activating group) is 2. The van der Waals surface area contributed by atoms with Gasteiger partial charge in [0.1, 0.15) is 17.3 Å². The normalized spacial score (nSPS) is 11.2. The van der Waals surface area contributed by atoms with Crippen molar-refractivity contribution in [1.82, 2.24) is 24.0 Å². The van der Waals surface area contributed by atoms with Gasteiger partial charge in [-0.2, -0.15) is 4.98 Å². The molecule has 0 fully saturated rings. The number of methoxy groups -OCH3 is 1. The molecule has 0 saturated heterocycles. The zero-order valence-electron chi connectivity index (χ0n) is 21.5. The number of nitrogens with one attached hydrogen (secondary N) is 1. The van der Waals surface area contributed by atoms with Gasteiger partial charge in [-0.25, -0.2) is 14.3 Å². The second-order valence-electron chi connectivity index (χ2n) is 8.74. The van der Waals surface area contributed by atoms with Gasteiger partial charge in [0.2, 0.25) is 5.95 Å². The number of rotatable bonds is 10. The van der Waals surface area contributed by atoms with Crippen LogP contribution < -0.4 is 20.6 Å². The van der Waals surface area contributed by atoms with Crippen LogP contribution in [0.2, 0.25) is 0 Å². The molecule has 2 aromatic heterocycles. The summed E-state index contributed by atoms with van der Waals surface area (Å²) in [7, 11) is 7.18. The molecule has 2 heterocycles. The number of nitro groups is 1. The molecule has 0 bridgehead atoms. The van der Waals surface area contributed by atoms with Crippen LogP contribution in [0, 0.1) is 10.1 Å². The maximum absolute atomic E-state index is 13.1. The minimum Gasteiger partial charge on any atom is -0.494 e. The molecular weight excluding hydrogens is 476 g/mol. The number of hydrogen-bond donors (Lipinski definition) is 1. The number of aryl methyl sites for hydroxylation is 1. The van der Waals surface area contributed by atoms with Crippen LogP contribution in [0.25, 0.3) is 16.9 Å². The van der Waals surface area contributed by atoms with Gasteiger partial charge in [0.05, 0.1) is 28.8 Å². The smallest absolute Gasteiger partial charge is 0.334 e. The van der Waals surface area contributed by atoms with Gasteiger partial charge in [-0.3, -0.25) is 14.7 Å². The van der Waals surface area contributed by atoms with E-state index in [0.717, 1.165) is 17.6 Å². The highest BCUT2D eigenvalue weighted by Crippen LogP contribution is 2.38. The Morgan fingerprint density at radius 2 is 1.84 bits per heavy atom. The highest BCUT2D eigenvalue weighted by atomic mass is 16.6. The molecule has 0 unspecified atom stereocenters. The quantitative estimate of drug-likeness (QED) is 0.255. The second-order valence-corrected chi connectivity index (χ2v) is 8.74. The first-order valence-corrected chi connectivity index (χ1v) is 11.8. The summed E-state index contributed by atoms with van der Waals surface area (Å²) in [6.07, 6.45) is 1.53. The third kappa shape index (κ3) is 5.09. The molecule has 0 atom stereocenters. The van der Waals surface area contributed by atoms with Crippen molar-refractivity contribution in [3.05, 3.63) is 69.3 Å². The standard InChI is InChI=1S/C25H30N8O4/c1-6-31-18-9-7-8-10-19(18)32(25(31)34)23-11-12-26-24(28-23)27-17-15-21(33(35)36)20(16-22(17)37-5)30(4)14-13-29(2)3/h7-12,15-16H,6,13-14H2,1-5H3,(H,26,27,28). The van der Waals surface area contributed by atoms with E-state index in [2.05, 4.69) is 15.3 Å². The van der Waals surface area contributed by atoms with Gasteiger partial charge in [-0.15, -0.1) is 0 Å². The second kappa shape index (κ2) is 10.7. The largest absolute Gasteiger partial charge is 0.494 e. The van der Waals surface area contributed by atoms with E-state index in [-0.39, 0.29) is 17.3 Å². The summed E-state index contributed by atoms with van der Waals surface area (Å²) in [5, 5.41) is 15.0. The van der Waals surface area contributed by atoms with Gasteiger partial charge in [-0.05, 0) is 33.2 Å². The molecule has 0 amide bonds. The molecule has 0 saturated carbocycles. The van der Waals surface area contributed by atoms with E-state index in [1.54, 1.807) is 23.7 Å². The fourth-order valence-electron chi connectivity index (χ4n) is 4.14. The molecule has 37 heavy (non-hydrogen) atoms. The Labute approximate surface area is 213 Å². The fraction of sp³-hybridized carbons (Fsp3) is 0.320. The van der Waals surface area contributed by atoms with Crippen LogP contribution in [0.3, 0.4) is 0 Å². The molecular formula is C25H30N8O4. The SMILES string of the molecule is CCn1c(=O)n(-c2ccnc(Nc3cc([N+](=O)[O-])c(N(C)CCN(C)C)cc3OC)n2)c2ccccc21. The molecule has 2 aromatic carbocycles. The molecule has 4 rings (SSSR count). The number of benzene rings is 2. The number of hydrogen-bond acceptors (Lipinski definition) is 9. The third-order valence-corrected chi connectivity index (χ3v) is 6.06. The van der Waals surface area contributed by atoms with Crippen LogP contribution in [0.4, 0.5) is 23.0 Å². The number of nitrogens with zero attached hydrogens (tertiary/aromatic N) is 7. The van der Waals surface area contributed by atoms with Crippen LogP contribution in [-0.2, 0) is 6.54 Å². The van der Waals surface area contributed by atoms with Crippen molar-refractivity contribution in [2.75, 3.05) is 51.6 Å². The summed E-state index contributed by atoms with van der Waals surface area (Å²) in [6.45, 7) is 3.74. The Kier molecular flexibility index (Phi) is 7.39. The molecule has 1 N–H and O–H groups in total. The fourth-order valence-corrected chi connectivity index (χ4v) is 4.14. The number of ether oxygens (including phenoxy) is 1. The predicted octanol–water partition coefficient (Wildman–Crippen LogP) is 3.26. The van der Waals surface area contributed by atoms with E-state index in [9.17, 15) is 14.9 Å². The minimum absolute atomic E-state index is 0.0806. The Morgan fingerprint density at radius 3 is 2.49 bits per heavy atom. The molecule has 0 aliphatic carbocycles. The molecule has 194 valence electrons. The number of nitro benzene ring substituents is 1. The molecule has 12 nitrogen and oxygen atoms in total. The zero-order chi connectivity index (χ0) is 26.7. The predicted molar refractivity (Wildman–Crippen MR) is 144 cm³/mol. The molecule has 12 heteroatoms. The number of imidazole rings is 1. The number of para-hydroxylation sites is 2. The zero-order valence-corrected chi connectivity index (χ0v) is 21.5. The monoisotopic (exact) mass is 506 g/mol. The Bertz CT molecular complexity index is 1490. The number of aromatic nitrogens is 4. The summed E-state index contributed by atoms with van der Waals surface area (Å²) in [5.41, 5.74) is 1.99. The average Bonchev–Trinajstić information content (AvgIpc) is 3.17. The number of anilines is 3. The third-order valence-electron chi connectivity index (χ3n) is 6.06. The van der Waals surface area contributed by atoms with Crippen LogP contribution in [0.5, 0.6) is 5.75 Å². The van der Waals surface area contributed by atoms with E-state index in [0.29, 0.717) is 36.0 Å². The highest BCUT2D eigenvalue weighted by molar-refractivity contribution is 5.78. The van der Waals surface area contributed by atoms with Gasteiger partial charge < -0.3 is 19.9 Å². The van der Waals surface area contributed by atoms with Gasteiger partial charge in [0.25, 0.3) is 5.69 Å². The van der Waals surface area contributed by atoms with Crippen molar-refractivity contribution in [2.24, 2.45) is 0 Å². The molecule has 0 spiro atoms. The summed E-state index contributed by atoms with van der Waals surface area (Å²) >= 11 is 0. The Morgan fingerprint density at radius 1 is 1.11 bits per heavy atom. The van der Waals surface area contributed by atoms with E-state index in [1.807, 2.05) is 55.1 Å². The topological polar surface area (TPSA) is 124 Å². The Balaban J connectivity index is 1.74.